The second kappa shape index (κ2) is 8.81. The second-order valence-electron chi connectivity index (χ2n) is 6.13. The predicted molar refractivity (Wildman–Crippen MR) is 113 cm³/mol. The molecular formula is C20H17N5O5S. The fourth-order valence-electron chi connectivity index (χ4n) is 2.71. The maximum atomic E-state index is 12.2. The van der Waals surface area contributed by atoms with Crippen molar-refractivity contribution in [1.82, 2.24) is 10.6 Å². The molecule has 3 aromatic rings. The smallest absolute Gasteiger partial charge is 0.327 e. The van der Waals surface area contributed by atoms with Crippen LogP contribution in [0.2, 0.25) is 0 Å². The summed E-state index contributed by atoms with van der Waals surface area (Å²) in [7, 11) is 3.12. The van der Waals surface area contributed by atoms with Crippen LogP contribution in [-0.4, -0.2) is 30.2 Å². The van der Waals surface area contributed by atoms with Crippen LogP contribution in [0, 0.1) is 0 Å². The van der Waals surface area contributed by atoms with Gasteiger partial charge in [0.05, 0.1) is 19.9 Å². The number of hydrogen-bond acceptors (Lipinski definition) is 10. The average Bonchev–Trinajstić information content (AvgIpc) is 3.43. The van der Waals surface area contributed by atoms with Gasteiger partial charge in [-0.25, -0.2) is 9.99 Å². The number of methoxy groups -OCH3 is 2. The van der Waals surface area contributed by atoms with Crippen LogP contribution in [0.1, 0.15) is 16.1 Å². The van der Waals surface area contributed by atoms with Gasteiger partial charge < -0.3 is 19.4 Å². The molecule has 2 heterocycles. The van der Waals surface area contributed by atoms with E-state index in [-0.39, 0.29) is 11.1 Å². The van der Waals surface area contributed by atoms with Crippen LogP contribution < -0.4 is 20.1 Å². The summed E-state index contributed by atoms with van der Waals surface area (Å²) < 4.78 is 10.2. The number of carbonyl (C=O) groups is 1. The molecule has 4 rings (SSSR count). The van der Waals surface area contributed by atoms with Crippen LogP contribution in [0.25, 0.3) is 5.70 Å². The Hall–Kier alpha value is -3.96. The molecule has 1 amide bonds. The minimum Gasteiger partial charge on any atom is -0.497 e. The van der Waals surface area contributed by atoms with Gasteiger partial charge in [-0.2, -0.15) is 0 Å². The Morgan fingerprint density at radius 3 is 2.39 bits per heavy atom. The number of hydrazine groups is 1. The molecule has 2 N–H and O–H groups in total. The molecule has 11 heteroatoms. The molecule has 1 aromatic heterocycles. The van der Waals surface area contributed by atoms with Crippen LogP contribution >= 0.6 is 11.3 Å². The van der Waals surface area contributed by atoms with Crippen molar-refractivity contribution < 1.29 is 24.2 Å². The molecule has 0 bridgehead atoms. The zero-order chi connectivity index (χ0) is 21.8. The topological polar surface area (TPSA) is 118 Å². The lowest BCUT2D eigenvalue weighted by molar-refractivity contribution is 0.0461. The summed E-state index contributed by atoms with van der Waals surface area (Å²) in [4.78, 5) is 21.6. The molecule has 0 aliphatic carbocycles. The van der Waals surface area contributed by atoms with Crippen LogP contribution in [0.3, 0.4) is 0 Å². The van der Waals surface area contributed by atoms with Crippen LogP contribution in [0.5, 0.6) is 11.5 Å². The molecule has 2 aromatic carbocycles. The van der Waals surface area contributed by atoms with Crippen molar-refractivity contribution in [3.05, 3.63) is 71.1 Å². The SMILES string of the molecule is COc1ccc(C(=O)N=Nc2nc(C3=C(O)ONN3c3ccc(OC)cc3)cs2)cc1. The van der Waals surface area contributed by atoms with E-state index in [0.29, 0.717) is 34.1 Å². The monoisotopic (exact) mass is 439 g/mol. The Kier molecular flexibility index (Phi) is 5.78. The Morgan fingerprint density at radius 2 is 1.74 bits per heavy atom. The van der Waals surface area contributed by atoms with Gasteiger partial charge in [0, 0.05) is 10.9 Å². The van der Waals surface area contributed by atoms with Gasteiger partial charge in [0.2, 0.25) is 5.13 Å². The number of nitrogens with zero attached hydrogens (tertiary/aromatic N) is 4. The third kappa shape index (κ3) is 4.32. The molecule has 31 heavy (non-hydrogen) atoms. The molecule has 0 spiro atoms. The highest BCUT2D eigenvalue weighted by atomic mass is 32.1. The van der Waals surface area contributed by atoms with Gasteiger partial charge in [-0.1, -0.05) is 5.59 Å². The quantitative estimate of drug-likeness (QED) is 0.548. The largest absolute Gasteiger partial charge is 0.497 e. The molecule has 1 aliphatic heterocycles. The predicted octanol–water partition coefficient (Wildman–Crippen LogP) is 4.22. The van der Waals surface area contributed by atoms with Crippen molar-refractivity contribution in [2.45, 2.75) is 0 Å². The molecule has 0 saturated carbocycles. The van der Waals surface area contributed by atoms with E-state index in [9.17, 15) is 9.90 Å². The van der Waals surface area contributed by atoms with Crippen molar-refractivity contribution in [1.29, 1.82) is 0 Å². The average molecular weight is 439 g/mol. The van der Waals surface area contributed by atoms with Crippen LogP contribution in [0.15, 0.2) is 70.1 Å². The van der Waals surface area contributed by atoms with E-state index in [1.54, 1.807) is 68.1 Å². The van der Waals surface area contributed by atoms with Gasteiger partial charge in [-0.15, -0.1) is 21.6 Å². The van der Waals surface area contributed by atoms with Gasteiger partial charge >= 0.3 is 5.95 Å². The van der Waals surface area contributed by atoms with E-state index in [2.05, 4.69) is 20.8 Å². The number of aliphatic hydroxyl groups is 1. The third-order valence-electron chi connectivity index (χ3n) is 4.29. The van der Waals surface area contributed by atoms with Gasteiger partial charge in [0.1, 0.15) is 17.2 Å². The zero-order valence-electron chi connectivity index (χ0n) is 16.5. The summed E-state index contributed by atoms with van der Waals surface area (Å²) in [5.74, 6) is 0.475. The summed E-state index contributed by atoms with van der Waals surface area (Å²) in [6.45, 7) is 0. The van der Waals surface area contributed by atoms with Crippen molar-refractivity contribution >= 4 is 33.8 Å². The summed E-state index contributed by atoms with van der Waals surface area (Å²) in [5.41, 5.74) is 4.37. The van der Waals surface area contributed by atoms with E-state index in [1.807, 2.05) is 0 Å². The summed E-state index contributed by atoms with van der Waals surface area (Å²) in [6, 6.07) is 13.7. The minimum atomic E-state index is -0.507. The van der Waals surface area contributed by atoms with E-state index < -0.39 is 5.91 Å². The first kappa shape index (κ1) is 20.3. The first-order valence-corrected chi connectivity index (χ1v) is 9.83. The molecule has 158 valence electrons. The Morgan fingerprint density at radius 1 is 1.10 bits per heavy atom. The molecular weight excluding hydrogens is 422 g/mol. The molecule has 0 radical (unpaired) electrons. The number of carbonyl (C=O) groups excluding carboxylic acids is 1. The van der Waals surface area contributed by atoms with E-state index in [0.717, 1.165) is 0 Å². The van der Waals surface area contributed by atoms with Gasteiger partial charge in [0.25, 0.3) is 5.91 Å². The van der Waals surface area contributed by atoms with Crippen molar-refractivity contribution in [2.24, 2.45) is 10.2 Å². The van der Waals surface area contributed by atoms with Gasteiger partial charge in [-0.3, -0.25) is 4.79 Å². The number of aliphatic hydroxyl groups excluding tert-OH is 1. The Bertz CT molecular complexity index is 1140. The summed E-state index contributed by atoms with van der Waals surface area (Å²) in [6.07, 6.45) is 0. The molecule has 0 atom stereocenters. The number of amides is 1. The lowest BCUT2D eigenvalue weighted by atomic mass is 10.2. The Labute approximate surface area is 181 Å². The van der Waals surface area contributed by atoms with Crippen LogP contribution in [-0.2, 0) is 4.84 Å². The van der Waals surface area contributed by atoms with E-state index >= 15 is 0 Å². The fourth-order valence-corrected chi connectivity index (χ4v) is 3.33. The number of azo groups is 1. The van der Waals surface area contributed by atoms with Gasteiger partial charge in [0.15, 0.2) is 5.70 Å². The number of benzene rings is 2. The zero-order valence-corrected chi connectivity index (χ0v) is 17.3. The second-order valence-corrected chi connectivity index (χ2v) is 6.97. The highest BCUT2D eigenvalue weighted by molar-refractivity contribution is 7.13. The van der Waals surface area contributed by atoms with Crippen molar-refractivity contribution in [3.63, 3.8) is 0 Å². The van der Waals surface area contributed by atoms with E-state index in [4.69, 9.17) is 14.3 Å². The van der Waals surface area contributed by atoms with Crippen molar-refractivity contribution in [3.8, 4) is 11.5 Å². The normalized spacial score (nSPS) is 13.5. The molecule has 0 unspecified atom stereocenters. The summed E-state index contributed by atoms with van der Waals surface area (Å²) in [5, 5.41) is 21.2. The lowest BCUT2D eigenvalue weighted by Crippen LogP contribution is -2.30. The number of ether oxygens (including phenoxy) is 2. The van der Waals surface area contributed by atoms with Crippen LogP contribution in [0.4, 0.5) is 10.8 Å². The lowest BCUT2D eigenvalue weighted by Gasteiger charge is -2.17. The maximum absolute atomic E-state index is 12.2. The van der Waals surface area contributed by atoms with Crippen molar-refractivity contribution in [2.75, 3.05) is 19.2 Å². The first-order valence-electron chi connectivity index (χ1n) is 8.95. The fraction of sp³-hybridized carbons (Fsp3) is 0.100. The standard InChI is InChI=1S/C20H17N5O5S/c1-28-14-7-3-12(4-8-14)18(26)22-23-20-21-16(11-31-20)17-19(27)30-24-25(17)13-5-9-15(29-2)10-6-13/h3-11,24,27H,1-2H3. The van der Waals surface area contributed by atoms with E-state index in [1.165, 1.54) is 16.3 Å². The highest BCUT2D eigenvalue weighted by Crippen LogP contribution is 2.33. The Balaban J connectivity index is 1.51. The minimum absolute atomic E-state index is 0.249. The molecule has 0 saturated heterocycles. The molecule has 10 nitrogen and oxygen atoms in total. The summed E-state index contributed by atoms with van der Waals surface area (Å²) >= 11 is 1.17. The number of anilines is 1. The molecule has 1 aliphatic rings. The number of rotatable bonds is 6. The molecule has 0 fully saturated rings. The maximum Gasteiger partial charge on any atom is 0.327 e. The number of hydrogen-bond donors (Lipinski definition) is 2. The first-order chi connectivity index (χ1) is 15.1. The number of nitrogens with one attached hydrogen (secondary N) is 1. The number of aromatic nitrogens is 1. The third-order valence-corrected chi connectivity index (χ3v) is 5.01. The van der Waals surface area contributed by atoms with Gasteiger partial charge in [-0.05, 0) is 48.5 Å². The highest BCUT2D eigenvalue weighted by Gasteiger charge is 2.29. The number of thiazole rings is 1.